The zero-order valence-corrected chi connectivity index (χ0v) is 13.5. The molecule has 20 heavy (non-hydrogen) atoms. The summed E-state index contributed by atoms with van der Waals surface area (Å²) in [7, 11) is 0. The summed E-state index contributed by atoms with van der Waals surface area (Å²) in [4.78, 5) is 0. The maximum atomic E-state index is 6.02. The number of benzene rings is 2. The summed E-state index contributed by atoms with van der Waals surface area (Å²) in [6.45, 7) is 4.16. The van der Waals surface area contributed by atoms with E-state index in [9.17, 15) is 0 Å². The van der Waals surface area contributed by atoms with Crippen LogP contribution in [0, 0.1) is 6.92 Å². The van der Waals surface area contributed by atoms with Crippen LogP contribution in [0.5, 0.6) is 11.5 Å². The Morgan fingerprint density at radius 3 is 2.70 bits per heavy atom. The molecule has 0 radical (unpaired) electrons. The Morgan fingerprint density at radius 1 is 1.20 bits per heavy atom. The molecular formula is C17H20BrNO. The van der Waals surface area contributed by atoms with Crippen LogP contribution in [0.1, 0.15) is 24.5 Å². The van der Waals surface area contributed by atoms with Crippen molar-refractivity contribution in [3.05, 3.63) is 58.1 Å². The molecule has 0 spiro atoms. The van der Waals surface area contributed by atoms with E-state index < -0.39 is 0 Å². The molecule has 3 heteroatoms. The van der Waals surface area contributed by atoms with Crippen LogP contribution in [0.2, 0.25) is 0 Å². The van der Waals surface area contributed by atoms with E-state index in [1.807, 2.05) is 24.3 Å². The van der Waals surface area contributed by atoms with E-state index in [-0.39, 0.29) is 6.04 Å². The molecule has 106 valence electrons. The molecule has 0 saturated carbocycles. The van der Waals surface area contributed by atoms with Gasteiger partial charge in [-0.25, -0.2) is 0 Å². The van der Waals surface area contributed by atoms with Crippen LogP contribution >= 0.6 is 15.9 Å². The van der Waals surface area contributed by atoms with Crippen molar-refractivity contribution in [2.75, 3.05) is 0 Å². The third-order valence-electron chi connectivity index (χ3n) is 3.30. The van der Waals surface area contributed by atoms with E-state index >= 15 is 0 Å². The third kappa shape index (κ3) is 4.09. The molecule has 0 heterocycles. The molecule has 0 aliphatic heterocycles. The van der Waals surface area contributed by atoms with E-state index in [4.69, 9.17) is 10.5 Å². The number of aryl methyl sites for hydroxylation is 1. The summed E-state index contributed by atoms with van der Waals surface area (Å²) in [6.07, 6.45) is 1.86. The maximum Gasteiger partial charge on any atom is 0.130 e. The molecule has 0 fully saturated rings. The summed E-state index contributed by atoms with van der Waals surface area (Å²) in [6, 6.07) is 14.4. The van der Waals surface area contributed by atoms with Gasteiger partial charge in [0.1, 0.15) is 11.5 Å². The van der Waals surface area contributed by atoms with Gasteiger partial charge in [0, 0.05) is 10.5 Å². The van der Waals surface area contributed by atoms with Gasteiger partial charge in [-0.1, -0.05) is 41.1 Å². The van der Waals surface area contributed by atoms with Gasteiger partial charge in [-0.2, -0.15) is 0 Å². The normalized spacial score (nSPS) is 12.2. The molecule has 0 aliphatic rings. The molecule has 1 atom stereocenters. The second kappa shape index (κ2) is 6.91. The van der Waals surface area contributed by atoms with Crippen molar-refractivity contribution in [2.24, 2.45) is 5.73 Å². The first-order chi connectivity index (χ1) is 9.58. The minimum Gasteiger partial charge on any atom is -0.457 e. The Hall–Kier alpha value is -1.32. The molecule has 2 rings (SSSR count). The maximum absolute atomic E-state index is 6.02. The summed E-state index contributed by atoms with van der Waals surface area (Å²) < 4.78 is 6.99. The monoisotopic (exact) mass is 333 g/mol. The average molecular weight is 334 g/mol. The minimum absolute atomic E-state index is 0.205. The lowest BCUT2D eigenvalue weighted by Gasteiger charge is -2.13. The number of hydrogen-bond acceptors (Lipinski definition) is 2. The molecule has 2 N–H and O–H groups in total. The van der Waals surface area contributed by atoms with Crippen molar-refractivity contribution in [1.29, 1.82) is 0 Å². The van der Waals surface area contributed by atoms with Crippen molar-refractivity contribution < 1.29 is 4.74 Å². The quantitative estimate of drug-likeness (QED) is 0.850. The fraction of sp³-hybridized carbons (Fsp3) is 0.294. The fourth-order valence-corrected chi connectivity index (χ4v) is 2.36. The Balaban J connectivity index is 2.20. The summed E-state index contributed by atoms with van der Waals surface area (Å²) in [5.74, 6) is 1.73. The second-order valence-corrected chi connectivity index (χ2v) is 5.95. The molecule has 0 aromatic heterocycles. The zero-order chi connectivity index (χ0) is 14.5. The van der Waals surface area contributed by atoms with E-state index in [2.05, 4.69) is 48.0 Å². The molecule has 2 nitrogen and oxygen atoms in total. The lowest BCUT2D eigenvalue weighted by atomic mass is 10.0. The number of ether oxygens (including phenoxy) is 1. The minimum atomic E-state index is 0.205. The standard InChI is InChI=1S/C17H20BrNO/c1-3-15(19)9-13-8-7-12(2)17(10-13)20-16-6-4-5-14(18)11-16/h4-8,10-11,15H,3,9,19H2,1-2H3. The highest BCUT2D eigenvalue weighted by atomic mass is 79.9. The zero-order valence-electron chi connectivity index (χ0n) is 11.9. The smallest absolute Gasteiger partial charge is 0.130 e. The highest BCUT2D eigenvalue weighted by Crippen LogP contribution is 2.28. The topological polar surface area (TPSA) is 35.2 Å². The van der Waals surface area contributed by atoms with Crippen LogP contribution in [0.25, 0.3) is 0 Å². The second-order valence-electron chi connectivity index (χ2n) is 5.03. The number of rotatable bonds is 5. The Labute approximate surface area is 129 Å². The van der Waals surface area contributed by atoms with Crippen molar-refractivity contribution in [2.45, 2.75) is 32.7 Å². The highest BCUT2D eigenvalue weighted by molar-refractivity contribution is 9.10. The average Bonchev–Trinajstić information content (AvgIpc) is 2.42. The number of hydrogen-bond donors (Lipinski definition) is 1. The van der Waals surface area contributed by atoms with Gasteiger partial charge in [0.2, 0.25) is 0 Å². The molecule has 0 aliphatic carbocycles. The van der Waals surface area contributed by atoms with Gasteiger partial charge in [-0.3, -0.25) is 0 Å². The van der Waals surface area contributed by atoms with Gasteiger partial charge in [0.15, 0.2) is 0 Å². The lowest BCUT2D eigenvalue weighted by molar-refractivity contribution is 0.477. The molecule has 0 saturated heterocycles. The highest BCUT2D eigenvalue weighted by Gasteiger charge is 2.06. The van der Waals surface area contributed by atoms with Gasteiger partial charge in [0.05, 0.1) is 0 Å². The largest absolute Gasteiger partial charge is 0.457 e. The molecule has 0 amide bonds. The molecule has 0 bridgehead atoms. The first-order valence-electron chi connectivity index (χ1n) is 6.87. The van der Waals surface area contributed by atoms with Crippen molar-refractivity contribution >= 4 is 15.9 Å². The molecular weight excluding hydrogens is 314 g/mol. The van der Waals surface area contributed by atoms with E-state index in [1.54, 1.807) is 0 Å². The van der Waals surface area contributed by atoms with E-state index in [0.717, 1.165) is 34.4 Å². The van der Waals surface area contributed by atoms with Crippen molar-refractivity contribution in [3.63, 3.8) is 0 Å². The van der Waals surface area contributed by atoms with Crippen molar-refractivity contribution in [1.82, 2.24) is 0 Å². The molecule has 2 aromatic carbocycles. The van der Waals surface area contributed by atoms with Crippen LogP contribution in [0.15, 0.2) is 46.9 Å². The van der Waals surface area contributed by atoms with Crippen LogP contribution in [-0.2, 0) is 6.42 Å². The Kier molecular flexibility index (Phi) is 5.21. The van der Waals surface area contributed by atoms with Crippen molar-refractivity contribution in [3.8, 4) is 11.5 Å². The first-order valence-corrected chi connectivity index (χ1v) is 7.66. The predicted molar refractivity (Wildman–Crippen MR) is 87.4 cm³/mol. The van der Waals surface area contributed by atoms with Crippen LogP contribution in [-0.4, -0.2) is 6.04 Å². The summed E-state index contributed by atoms with van der Waals surface area (Å²) >= 11 is 3.45. The first kappa shape index (κ1) is 15.1. The predicted octanol–water partition coefficient (Wildman–Crippen LogP) is 4.83. The summed E-state index contributed by atoms with van der Waals surface area (Å²) in [5.41, 5.74) is 8.36. The molecule has 2 aromatic rings. The van der Waals surface area contributed by atoms with Crippen LogP contribution in [0.3, 0.4) is 0 Å². The number of halogens is 1. The lowest BCUT2D eigenvalue weighted by Crippen LogP contribution is -2.21. The van der Waals surface area contributed by atoms with Gasteiger partial charge in [0.25, 0.3) is 0 Å². The molecule has 1 unspecified atom stereocenters. The Morgan fingerprint density at radius 2 is 2.00 bits per heavy atom. The van der Waals surface area contributed by atoms with Crippen LogP contribution in [0.4, 0.5) is 0 Å². The summed E-state index contributed by atoms with van der Waals surface area (Å²) in [5, 5.41) is 0. The van der Waals surface area contributed by atoms with E-state index in [1.165, 1.54) is 5.56 Å². The van der Waals surface area contributed by atoms with E-state index in [0.29, 0.717) is 0 Å². The fourth-order valence-electron chi connectivity index (χ4n) is 1.99. The number of nitrogens with two attached hydrogens (primary N) is 1. The van der Waals surface area contributed by atoms with Gasteiger partial charge in [-0.15, -0.1) is 0 Å². The van der Waals surface area contributed by atoms with Gasteiger partial charge >= 0.3 is 0 Å². The third-order valence-corrected chi connectivity index (χ3v) is 3.79. The van der Waals surface area contributed by atoms with Gasteiger partial charge in [-0.05, 0) is 55.2 Å². The van der Waals surface area contributed by atoms with Crippen LogP contribution < -0.4 is 10.5 Å². The SMILES string of the molecule is CCC(N)Cc1ccc(C)c(Oc2cccc(Br)c2)c1. The Bertz CT molecular complexity index is 583. The van der Waals surface area contributed by atoms with Gasteiger partial charge < -0.3 is 10.5 Å².